The standard InChI is InChI=1S/C13H18N2.H2O/c1-2-15-12(14-1)13-6-9-3-10(7-13)5-11(4-9)8-13;/h1-2,9-11H,3-8H2,(H,14,15);1H2. The van der Waals surface area contributed by atoms with Crippen molar-refractivity contribution in [1.29, 1.82) is 0 Å². The van der Waals surface area contributed by atoms with E-state index in [0.717, 1.165) is 17.8 Å². The average molecular weight is 220 g/mol. The third-order valence-corrected chi connectivity index (χ3v) is 5.04. The van der Waals surface area contributed by atoms with Gasteiger partial charge in [-0.15, -0.1) is 0 Å². The van der Waals surface area contributed by atoms with Crippen molar-refractivity contribution in [2.45, 2.75) is 43.9 Å². The molecule has 0 spiro atoms. The number of H-pyrrole nitrogens is 1. The highest BCUT2D eigenvalue weighted by molar-refractivity contribution is 5.17. The van der Waals surface area contributed by atoms with Gasteiger partial charge in [-0.1, -0.05) is 0 Å². The summed E-state index contributed by atoms with van der Waals surface area (Å²) in [7, 11) is 0. The molecule has 1 heterocycles. The van der Waals surface area contributed by atoms with Crippen LogP contribution in [0.25, 0.3) is 0 Å². The summed E-state index contributed by atoms with van der Waals surface area (Å²) < 4.78 is 0. The monoisotopic (exact) mass is 220 g/mol. The zero-order valence-electron chi connectivity index (χ0n) is 9.58. The van der Waals surface area contributed by atoms with E-state index in [0.29, 0.717) is 5.41 Å². The molecule has 3 N–H and O–H groups in total. The highest BCUT2D eigenvalue weighted by Gasteiger charge is 2.52. The van der Waals surface area contributed by atoms with Crippen molar-refractivity contribution in [1.82, 2.24) is 9.97 Å². The van der Waals surface area contributed by atoms with Gasteiger partial charge in [0.1, 0.15) is 5.82 Å². The molecule has 4 aliphatic rings. The van der Waals surface area contributed by atoms with E-state index < -0.39 is 0 Å². The number of nitrogens with one attached hydrogen (secondary N) is 1. The van der Waals surface area contributed by atoms with Crippen LogP contribution >= 0.6 is 0 Å². The molecular formula is C13H20N2O. The van der Waals surface area contributed by atoms with Crippen LogP contribution in [0.2, 0.25) is 0 Å². The van der Waals surface area contributed by atoms with Crippen LogP contribution in [0.15, 0.2) is 12.4 Å². The van der Waals surface area contributed by atoms with Crippen molar-refractivity contribution in [3.05, 3.63) is 18.2 Å². The molecule has 5 rings (SSSR count). The molecule has 0 aromatic carbocycles. The molecule has 0 amide bonds. The topological polar surface area (TPSA) is 60.2 Å². The van der Waals surface area contributed by atoms with Gasteiger partial charge in [0.2, 0.25) is 0 Å². The van der Waals surface area contributed by atoms with Crippen LogP contribution in [-0.4, -0.2) is 15.4 Å². The second-order valence-corrected chi connectivity index (χ2v) is 6.14. The first-order valence-corrected chi connectivity index (χ1v) is 6.34. The van der Waals surface area contributed by atoms with Gasteiger partial charge in [0.05, 0.1) is 0 Å². The smallest absolute Gasteiger partial charge is 0.112 e. The van der Waals surface area contributed by atoms with E-state index in [4.69, 9.17) is 0 Å². The SMILES string of the molecule is O.c1c[nH]c(C23CC4CC(CC(C4)C2)C3)n1. The summed E-state index contributed by atoms with van der Waals surface area (Å²) >= 11 is 0. The second kappa shape index (κ2) is 3.33. The van der Waals surface area contributed by atoms with Crippen LogP contribution in [0.3, 0.4) is 0 Å². The minimum Gasteiger partial charge on any atom is -0.412 e. The van der Waals surface area contributed by atoms with Crippen LogP contribution in [0.1, 0.15) is 44.3 Å². The van der Waals surface area contributed by atoms with Crippen molar-refractivity contribution in [2.75, 3.05) is 0 Å². The summed E-state index contributed by atoms with van der Waals surface area (Å²) in [6, 6.07) is 0. The number of rotatable bonds is 1. The molecule has 4 saturated carbocycles. The molecule has 4 aliphatic carbocycles. The molecule has 1 aromatic heterocycles. The largest absolute Gasteiger partial charge is 0.412 e. The summed E-state index contributed by atoms with van der Waals surface area (Å²) in [5, 5.41) is 0. The molecule has 4 fully saturated rings. The van der Waals surface area contributed by atoms with Gasteiger partial charge in [-0.3, -0.25) is 0 Å². The van der Waals surface area contributed by atoms with Gasteiger partial charge in [-0.2, -0.15) is 0 Å². The second-order valence-electron chi connectivity index (χ2n) is 6.14. The Bertz CT molecular complexity index is 336. The van der Waals surface area contributed by atoms with Gasteiger partial charge in [0, 0.05) is 17.8 Å². The van der Waals surface area contributed by atoms with Crippen LogP contribution in [0.4, 0.5) is 0 Å². The Morgan fingerprint density at radius 3 is 2.06 bits per heavy atom. The molecule has 3 heteroatoms. The minimum absolute atomic E-state index is 0. The zero-order valence-corrected chi connectivity index (χ0v) is 9.58. The average Bonchev–Trinajstić information content (AvgIpc) is 2.67. The fourth-order valence-corrected chi connectivity index (χ4v) is 4.96. The fourth-order valence-electron chi connectivity index (χ4n) is 4.96. The maximum absolute atomic E-state index is 4.55. The van der Waals surface area contributed by atoms with Crippen molar-refractivity contribution in [2.24, 2.45) is 17.8 Å². The lowest BCUT2D eigenvalue weighted by atomic mass is 9.49. The van der Waals surface area contributed by atoms with Gasteiger partial charge < -0.3 is 10.5 Å². The van der Waals surface area contributed by atoms with Crippen molar-refractivity contribution in [3.63, 3.8) is 0 Å². The first-order valence-electron chi connectivity index (χ1n) is 6.34. The predicted octanol–water partition coefficient (Wildman–Crippen LogP) is 2.05. The van der Waals surface area contributed by atoms with E-state index in [9.17, 15) is 0 Å². The zero-order chi connectivity index (χ0) is 9.88. The number of nitrogens with zero attached hydrogens (tertiary/aromatic N) is 1. The van der Waals surface area contributed by atoms with Gasteiger partial charge in [0.15, 0.2) is 0 Å². The van der Waals surface area contributed by atoms with E-state index in [1.165, 1.54) is 44.3 Å². The molecule has 1 aromatic rings. The molecule has 3 nitrogen and oxygen atoms in total. The highest BCUT2D eigenvalue weighted by atomic mass is 16.0. The Labute approximate surface area is 96.0 Å². The molecule has 0 unspecified atom stereocenters. The number of hydrogen-bond acceptors (Lipinski definition) is 1. The molecule has 16 heavy (non-hydrogen) atoms. The van der Waals surface area contributed by atoms with E-state index in [2.05, 4.69) is 9.97 Å². The highest BCUT2D eigenvalue weighted by Crippen LogP contribution is 2.59. The van der Waals surface area contributed by atoms with Crippen LogP contribution in [-0.2, 0) is 5.41 Å². The Balaban J connectivity index is 0.000000810. The molecular weight excluding hydrogens is 200 g/mol. The van der Waals surface area contributed by atoms with Crippen LogP contribution in [0.5, 0.6) is 0 Å². The lowest BCUT2D eigenvalue weighted by Gasteiger charge is -2.55. The Kier molecular flexibility index (Phi) is 2.15. The number of hydrogen-bond donors (Lipinski definition) is 1. The van der Waals surface area contributed by atoms with E-state index in [1.54, 1.807) is 0 Å². The summed E-state index contributed by atoms with van der Waals surface area (Å²) in [6.45, 7) is 0. The normalized spacial score (nSPS) is 44.4. The summed E-state index contributed by atoms with van der Waals surface area (Å²) in [5.41, 5.74) is 0.457. The molecule has 4 bridgehead atoms. The molecule has 0 atom stereocenters. The van der Waals surface area contributed by atoms with E-state index in [-0.39, 0.29) is 5.48 Å². The number of imidazole rings is 1. The lowest BCUT2D eigenvalue weighted by molar-refractivity contribution is -0.00901. The Morgan fingerprint density at radius 2 is 1.62 bits per heavy atom. The third kappa shape index (κ3) is 1.27. The van der Waals surface area contributed by atoms with Gasteiger partial charge in [-0.25, -0.2) is 4.98 Å². The summed E-state index contributed by atoms with van der Waals surface area (Å²) in [4.78, 5) is 7.93. The van der Waals surface area contributed by atoms with Gasteiger partial charge in [-0.05, 0) is 56.3 Å². The summed E-state index contributed by atoms with van der Waals surface area (Å²) in [6.07, 6.45) is 12.7. The lowest BCUT2D eigenvalue weighted by Crippen LogP contribution is -2.49. The van der Waals surface area contributed by atoms with Gasteiger partial charge >= 0.3 is 0 Å². The number of aromatic nitrogens is 2. The van der Waals surface area contributed by atoms with Crippen LogP contribution in [0, 0.1) is 17.8 Å². The maximum Gasteiger partial charge on any atom is 0.112 e. The first-order chi connectivity index (χ1) is 7.34. The van der Waals surface area contributed by atoms with E-state index in [1.807, 2.05) is 12.4 Å². The molecule has 0 saturated heterocycles. The predicted molar refractivity (Wildman–Crippen MR) is 62.1 cm³/mol. The Hall–Kier alpha value is -0.830. The summed E-state index contributed by atoms with van der Waals surface area (Å²) in [5.74, 6) is 4.34. The van der Waals surface area contributed by atoms with E-state index >= 15 is 0 Å². The van der Waals surface area contributed by atoms with Crippen molar-refractivity contribution >= 4 is 0 Å². The van der Waals surface area contributed by atoms with Crippen molar-refractivity contribution < 1.29 is 5.48 Å². The van der Waals surface area contributed by atoms with Crippen LogP contribution < -0.4 is 0 Å². The van der Waals surface area contributed by atoms with Crippen molar-refractivity contribution in [3.8, 4) is 0 Å². The maximum atomic E-state index is 4.55. The fraction of sp³-hybridized carbons (Fsp3) is 0.769. The minimum atomic E-state index is 0. The quantitative estimate of drug-likeness (QED) is 0.773. The van der Waals surface area contributed by atoms with Gasteiger partial charge in [0.25, 0.3) is 0 Å². The molecule has 0 radical (unpaired) electrons. The third-order valence-electron chi connectivity index (χ3n) is 5.04. The Morgan fingerprint density at radius 1 is 1.06 bits per heavy atom. The molecule has 88 valence electrons. The first kappa shape index (κ1) is 10.3. The number of aromatic amines is 1. The molecule has 0 aliphatic heterocycles.